The zero-order valence-electron chi connectivity index (χ0n) is 15.5. The molecule has 0 radical (unpaired) electrons. The van der Waals surface area contributed by atoms with E-state index in [1.54, 1.807) is 31.2 Å². The summed E-state index contributed by atoms with van der Waals surface area (Å²) in [6.45, 7) is 3.68. The zero-order chi connectivity index (χ0) is 19.4. The Labute approximate surface area is 158 Å². The lowest BCUT2D eigenvalue weighted by atomic mass is 9.92. The Morgan fingerprint density at radius 1 is 1.11 bits per heavy atom. The molecule has 3 rings (SSSR count). The van der Waals surface area contributed by atoms with Crippen LogP contribution in [0.2, 0.25) is 0 Å². The van der Waals surface area contributed by atoms with Crippen LogP contribution in [-0.2, 0) is 21.5 Å². The molecule has 6 heteroatoms. The Bertz CT molecular complexity index is 876. The highest BCUT2D eigenvalue weighted by Crippen LogP contribution is 2.26. The number of benzene rings is 2. The van der Waals surface area contributed by atoms with Crippen LogP contribution in [-0.4, -0.2) is 17.8 Å². The van der Waals surface area contributed by atoms with Gasteiger partial charge in [-0.15, -0.1) is 0 Å². The number of carbonyl (C=O) groups is 3. The maximum atomic E-state index is 12.2. The molecule has 1 atom stereocenters. The summed E-state index contributed by atoms with van der Waals surface area (Å²) in [5.41, 5.74) is 2.51. The van der Waals surface area contributed by atoms with E-state index in [9.17, 15) is 14.4 Å². The normalized spacial score (nSPS) is 18.7. The molecule has 0 aromatic heterocycles. The summed E-state index contributed by atoms with van der Waals surface area (Å²) < 4.78 is 0. The maximum absolute atomic E-state index is 12.2. The monoisotopic (exact) mass is 365 g/mol. The Balaban J connectivity index is 1.57. The number of hydrogen-bond donors (Lipinski definition) is 3. The van der Waals surface area contributed by atoms with Crippen LogP contribution in [0.1, 0.15) is 36.5 Å². The number of urea groups is 1. The Hall–Kier alpha value is -3.15. The molecule has 0 bridgehead atoms. The van der Waals surface area contributed by atoms with E-state index in [2.05, 4.69) is 40.2 Å². The van der Waals surface area contributed by atoms with E-state index in [0.29, 0.717) is 17.7 Å². The van der Waals surface area contributed by atoms with Crippen LogP contribution in [0.15, 0.2) is 48.5 Å². The van der Waals surface area contributed by atoms with Gasteiger partial charge in [0, 0.05) is 12.1 Å². The molecule has 0 spiro atoms. The van der Waals surface area contributed by atoms with Gasteiger partial charge in [0.25, 0.3) is 5.91 Å². The van der Waals surface area contributed by atoms with Gasteiger partial charge in [0.2, 0.25) is 5.91 Å². The van der Waals surface area contributed by atoms with Crippen LogP contribution < -0.4 is 16.0 Å². The summed E-state index contributed by atoms with van der Waals surface area (Å²) in [6, 6.07) is 14.8. The molecule has 1 heterocycles. The molecular formula is C21H23N3O3. The second kappa shape index (κ2) is 7.61. The first-order valence-electron chi connectivity index (χ1n) is 8.96. The number of amides is 4. The molecule has 0 saturated carbocycles. The number of imide groups is 1. The SMILES string of the molecule is Cc1ccc(CCCC(=O)Nc2cccc(C3(C)NC(=O)NC3=O)c2)cc1. The fraction of sp³-hybridized carbons (Fsp3) is 0.286. The predicted molar refractivity (Wildman–Crippen MR) is 103 cm³/mol. The second-order valence-electron chi connectivity index (χ2n) is 7.00. The minimum Gasteiger partial charge on any atom is -0.326 e. The quantitative estimate of drug-likeness (QED) is 0.688. The highest BCUT2D eigenvalue weighted by molar-refractivity contribution is 6.07. The smallest absolute Gasteiger partial charge is 0.322 e. The Kier molecular flexibility index (Phi) is 5.26. The van der Waals surface area contributed by atoms with Crippen LogP contribution in [0.3, 0.4) is 0 Å². The number of aryl methyl sites for hydroxylation is 2. The van der Waals surface area contributed by atoms with Gasteiger partial charge < -0.3 is 10.6 Å². The van der Waals surface area contributed by atoms with Crippen LogP contribution >= 0.6 is 0 Å². The lowest BCUT2D eigenvalue weighted by molar-refractivity contribution is -0.123. The Morgan fingerprint density at radius 2 is 1.85 bits per heavy atom. The maximum Gasteiger partial charge on any atom is 0.322 e. The topological polar surface area (TPSA) is 87.3 Å². The van der Waals surface area contributed by atoms with Gasteiger partial charge in [0.15, 0.2) is 0 Å². The summed E-state index contributed by atoms with van der Waals surface area (Å²) >= 11 is 0. The molecule has 140 valence electrons. The molecule has 6 nitrogen and oxygen atoms in total. The van der Waals surface area contributed by atoms with Gasteiger partial charge in [0.05, 0.1) is 0 Å². The molecule has 4 amide bonds. The van der Waals surface area contributed by atoms with Crippen molar-refractivity contribution in [3.63, 3.8) is 0 Å². The molecule has 3 N–H and O–H groups in total. The van der Waals surface area contributed by atoms with E-state index in [4.69, 9.17) is 0 Å². The summed E-state index contributed by atoms with van der Waals surface area (Å²) in [7, 11) is 0. The first kappa shape index (κ1) is 18.6. The third-order valence-electron chi connectivity index (χ3n) is 4.76. The third kappa shape index (κ3) is 4.34. The summed E-state index contributed by atoms with van der Waals surface area (Å²) in [6.07, 6.45) is 2.01. The molecule has 2 aromatic rings. The molecule has 1 aliphatic rings. The van der Waals surface area contributed by atoms with Gasteiger partial charge in [-0.3, -0.25) is 14.9 Å². The van der Waals surface area contributed by atoms with Gasteiger partial charge in [0.1, 0.15) is 5.54 Å². The molecule has 2 aromatic carbocycles. The van der Waals surface area contributed by atoms with E-state index in [-0.39, 0.29) is 5.91 Å². The van der Waals surface area contributed by atoms with Crippen LogP contribution in [0, 0.1) is 6.92 Å². The zero-order valence-corrected chi connectivity index (χ0v) is 15.5. The molecule has 1 fully saturated rings. The molecule has 1 saturated heterocycles. The van der Waals surface area contributed by atoms with E-state index >= 15 is 0 Å². The predicted octanol–water partition coefficient (Wildman–Crippen LogP) is 3.01. The minimum atomic E-state index is -1.14. The highest BCUT2D eigenvalue weighted by Gasteiger charge is 2.43. The standard InChI is InChI=1S/C21H23N3O3/c1-14-9-11-15(12-10-14)5-3-8-18(25)22-17-7-4-6-16(13-17)21(2)19(26)23-20(27)24-21/h4,6-7,9-13H,3,5,8H2,1-2H3,(H,22,25)(H2,23,24,26,27). The number of carbonyl (C=O) groups excluding carboxylic acids is 3. The molecule has 1 unspecified atom stereocenters. The van der Waals surface area contributed by atoms with Crippen molar-refractivity contribution in [1.29, 1.82) is 0 Å². The lowest BCUT2D eigenvalue weighted by Gasteiger charge is -2.21. The third-order valence-corrected chi connectivity index (χ3v) is 4.76. The minimum absolute atomic E-state index is 0.0793. The molecule has 1 aliphatic heterocycles. The number of anilines is 1. The highest BCUT2D eigenvalue weighted by atomic mass is 16.2. The van der Waals surface area contributed by atoms with E-state index in [1.165, 1.54) is 11.1 Å². The van der Waals surface area contributed by atoms with Crippen molar-refractivity contribution in [2.24, 2.45) is 0 Å². The summed E-state index contributed by atoms with van der Waals surface area (Å²) in [5, 5.41) is 7.72. The fourth-order valence-corrected chi connectivity index (χ4v) is 3.09. The molecule has 0 aliphatic carbocycles. The molecule has 27 heavy (non-hydrogen) atoms. The van der Waals surface area contributed by atoms with Crippen molar-refractivity contribution in [3.05, 3.63) is 65.2 Å². The first-order valence-corrected chi connectivity index (χ1v) is 8.96. The van der Waals surface area contributed by atoms with Crippen molar-refractivity contribution in [1.82, 2.24) is 10.6 Å². The van der Waals surface area contributed by atoms with Gasteiger partial charge >= 0.3 is 6.03 Å². The largest absolute Gasteiger partial charge is 0.326 e. The van der Waals surface area contributed by atoms with Gasteiger partial charge in [-0.1, -0.05) is 42.0 Å². The number of nitrogens with one attached hydrogen (secondary N) is 3. The van der Waals surface area contributed by atoms with E-state index < -0.39 is 17.5 Å². The van der Waals surface area contributed by atoms with Gasteiger partial charge in [-0.25, -0.2) is 4.79 Å². The fourth-order valence-electron chi connectivity index (χ4n) is 3.09. The van der Waals surface area contributed by atoms with Crippen molar-refractivity contribution in [2.45, 2.75) is 38.6 Å². The van der Waals surface area contributed by atoms with Crippen molar-refractivity contribution >= 4 is 23.5 Å². The van der Waals surface area contributed by atoms with Crippen molar-refractivity contribution < 1.29 is 14.4 Å². The van der Waals surface area contributed by atoms with Crippen LogP contribution in [0.4, 0.5) is 10.5 Å². The summed E-state index contributed by atoms with van der Waals surface area (Å²) in [4.78, 5) is 35.7. The van der Waals surface area contributed by atoms with Crippen LogP contribution in [0.5, 0.6) is 0 Å². The van der Waals surface area contributed by atoms with Gasteiger partial charge in [-0.05, 0) is 49.9 Å². The van der Waals surface area contributed by atoms with E-state index in [1.807, 2.05) is 6.92 Å². The van der Waals surface area contributed by atoms with Crippen molar-refractivity contribution in [2.75, 3.05) is 5.32 Å². The summed E-state index contributed by atoms with van der Waals surface area (Å²) in [5.74, 6) is -0.488. The van der Waals surface area contributed by atoms with Crippen LogP contribution in [0.25, 0.3) is 0 Å². The first-order chi connectivity index (χ1) is 12.9. The lowest BCUT2D eigenvalue weighted by Crippen LogP contribution is -2.40. The van der Waals surface area contributed by atoms with Gasteiger partial charge in [-0.2, -0.15) is 0 Å². The number of rotatable bonds is 6. The average Bonchev–Trinajstić information content (AvgIpc) is 2.90. The molecular weight excluding hydrogens is 342 g/mol. The second-order valence-corrected chi connectivity index (χ2v) is 7.00. The van der Waals surface area contributed by atoms with E-state index in [0.717, 1.165) is 12.8 Å². The Morgan fingerprint density at radius 3 is 2.52 bits per heavy atom. The number of hydrogen-bond acceptors (Lipinski definition) is 3. The average molecular weight is 365 g/mol. The van der Waals surface area contributed by atoms with Crippen molar-refractivity contribution in [3.8, 4) is 0 Å².